The first-order valence-corrected chi connectivity index (χ1v) is 7.22. The summed E-state index contributed by atoms with van der Waals surface area (Å²) in [5, 5.41) is 7.26. The zero-order chi connectivity index (χ0) is 14.7. The average molecular weight is 322 g/mol. The van der Waals surface area contributed by atoms with E-state index in [1.807, 2.05) is 30.3 Å². The molecule has 1 aromatic carbocycles. The zero-order valence-electron chi connectivity index (χ0n) is 12.5. The summed E-state index contributed by atoms with van der Waals surface area (Å²) in [4.78, 5) is 16.6. The number of piperidine rings is 1. The van der Waals surface area contributed by atoms with Crippen molar-refractivity contribution in [3.8, 4) is 5.88 Å². The number of pyridine rings is 1. The van der Waals surface area contributed by atoms with Crippen LogP contribution in [0.1, 0.15) is 12.8 Å². The molecule has 1 fully saturated rings. The number of hydrogen-bond donors (Lipinski definition) is 2. The van der Waals surface area contributed by atoms with Gasteiger partial charge in [-0.15, -0.1) is 12.4 Å². The maximum Gasteiger partial charge on any atom is 0.227 e. The third kappa shape index (κ3) is 3.67. The fourth-order valence-corrected chi connectivity index (χ4v) is 2.63. The van der Waals surface area contributed by atoms with Gasteiger partial charge in [-0.3, -0.25) is 4.79 Å². The van der Waals surface area contributed by atoms with Gasteiger partial charge in [-0.25, -0.2) is 4.98 Å². The van der Waals surface area contributed by atoms with E-state index in [-0.39, 0.29) is 24.2 Å². The maximum absolute atomic E-state index is 12.2. The Labute approximate surface area is 135 Å². The van der Waals surface area contributed by atoms with E-state index in [1.54, 1.807) is 7.11 Å². The average Bonchev–Trinajstić information content (AvgIpc) is 2.55. The lowest BCUT2D eigenvalue weighted by atomic mass is 9.97. The number of carbonyl (C=O) groups is 1. The lowest BCUT2D eigenvalue weighted by Gasteiger charge is -2.21. The molecule has 1 amide bonds. The molecule has 0 unspecified atom stereocenters. The van der Waals surface area contributed by atoms with Crippen LogP contribution in [-0.2, 0) is 4.79 Å². The van der Waals surface area contributed by atoms with Crippen molar-refractivity contribution in [1.29, 1.82) is 0 Å². The molecule has 2 heterocycles. The molecule has 0 saturated carbocycles. The Bertz CT molecular complexity index is 657. The second-order valence-corrected chi connectivity index (χ2v) is 5.27. The molecule has 1 aliphatic heterocycles. The molecule has 0 aliphatic carbocycles. The maximum atomic E-state index is 12.2. The molecule has 3 rings (SSSR count). The van der Waals surface area contributed by atoms with E-state index < -0.39 is 0 Å². The van der Waals surface area contributed by atoms with E-state index in [1.165, 1.54) is 0 Å². The first-order chi connectivity index (χ1) is 10.3. The van der Waals surface area contributed by atoms with Crippen LogP contribution >= 0.6 is 12.4 Å². The topological polar surface area (TPSA) is 63.2 Å². The van der Waals surface area contributed by atoms with Crippen LogP contribution in [0.5, 0.6) is 5.88 Å². The van der Waals surface area contributed by atoms with Crippen LogP contribution in [0.15, 0.2) is 30.3 Å². The number of methoxy groups -OCH3 is 1. The second kappa shape index (κ2) is 7.42. The summed E-state index contributed by atoms with van der Waals surface area (Å²) in [6.45, 7) is 1.83. The number of benzene rings is 1. The molecule has 5 nitrogen and oxygen atoms in total. The number of fused-ring (bicyclic) bond motifs is 1. The first-order valence-electron chi connectivity index (χ1n) is 7.22. The molecule has 2 aromatic rings. The summed E-state index contributed by atoms with van der Waals surface area (Å²) < 4.78 is 5.11. The predicted octanol–water partition coefficient (Wildman–Crippen LogP) is 2.60. The van der Waals surface area contributed by atoms with Crippen molar-refractivity contribution in [2.75, 3.05) is 25.5 Å². The Morgan fingerprint density at radius 3 is 2.77 bits per heavy atom. The Morgan fingerprint density at radius 1 is 1.27 bits per heavy atom. The van der Waals surface area contributed by atoms with Gasteiger partial charge in [0.05, 0.1) is 12.6 Å². The van der Waals surface area contributed by atoms with Crippen LogP contribution in [0.4, 0.5) is 5.69 Å². The predicted molar refractivity (Wildman–Crippen MR) is 89.8 cm³/mol. The van der Waals surface area contributed by atoms with Crippen molar-refractivity contribution in [3.63, 3.8) is 0 Å². The minimum atomic E-state index is 0. The fourth-order valence-electron chi connectivity index (χ4n) is 2.63. The molecule has 1 aromatic heterocycles. The number of rotatable bonds is 3. The minimum absolute atomic E-state index is 0. The van der Waals surface area contributed by atoms with Crippen LogP contribution < -0.4 is 15.4 Å². The summed E-state index contributed by atoms with van der Waals surface area (Å²) in [5.41, 5.74) is 1.67. The highest BCUT2D eigenvalue weighted by Crippen LogP contribution is 2.22. The van der Waals surface area contributed by atoms with Gasteiger partial charge in [0, 0.05) is 23.1 Å². The lowest BCUT2D eigenvalue weighted by molar-refractivity contribution is -0.120. The van der Waals surface area contributed by atoms with Gasteiger partial charge in [0.2, 0.25) is 11.8 Å². The lowest BCUT2D eigenvalue weighted by Crippen LogP contribution is -2.34. The number of amides is 1. The SMILES string of the molecule is COc1ccc2cc(NC(=O)C3CCNCC3)ccc2n1.Cl. The number of hydrogen-bond acceptors (Lipinski definition) is 4. The molecule has 0 spiro atoms. The summed E-state index contributed by atoms with van der Waals surface area (Å²) in [5.74, 6) is 0.808. The molecule has 1 saturated heterocycles. The van der Waals surface area contributed by atoms with Gasteiger partial charge in [0.1, 0.15) is 0 Å². The number of anilines is 1. The Morgan fingerprint density at radius 2 is 2.05 bits per heavy atom. The largest absolute Gasteiger partial charge is 0.481 e. The third-order valence-electron chi connectivity index (χ3n) is 3.85. The van der Waals surface area contributed by atoms with Crippen molar-refractivity contribution in [1.82, 2.24) is 10.3 Å². The molecule has 1 aliphatic rings. The van der Waals surface area contributed by atoms with Gasteiger partial charge in [0.15, 0.2) is 0 Å². The normalized spacial score (nSPS) is 15.1. The van der Waals surface area contributed by atoms with Gasteiger partial charge in [-0.2, -0.15) is 0 Å². The second-order valence-electron chi connectivity index (χ2n) is 5.27. The van der Waals surface area contributed by atoms with E-state index >= 15 is 0 Å². The van der Waals surface area contributed by atoms with E-state index in [0.717, 1.165) is 42.5 Å². The molecule has 22 heavy (non-hydrogen) atoms. The van der Waals surface area contributed by atoms with Crippen LogP contribution in [-0.4, -0.2) is 31.1 Å². The van der Waals surface area contributed by atoms with Gasteiger partial charge < -0.3 is 15.4 Å². The number of aromatic nitrogens is 1. The number of ether oxygens (including phenoxy) is 1. The van der Waals surface area contributed by atoms with Gasteiger partial charge in [-0.1, -0.05) is 0 Å². The molecule has 6 heteroatoms. The van der Waals surface area contributed by atoms with E-state index in [2.05, 4.69) is 15.6 Å². The van der Waals surface area contributed by atoms with Crippen molar-refractivity contribution in [2.24, 2.45) is 5.92 Å². The van der Waals surface area contributed by atoms with Gasteiger partial charge in [0.25, 0.3) is 0 Å². The standard InChI is InChI=1S/C16H19N3O2.ClH/c1-21-15-5-2-12-10-13(3-4-14(12)19-15)18-16(20)11-6-8-17-9-7-11;/h2-5,10-11,17H,6-9H2,1H3,(H,18,20);1H. The Balaban J connectivity index is 0.00000176. The van der Waals surface area contributed by atoms with Crippen molar-refractivity contribution >= 4 is 34.9 Å². The van der Waals surface area contributed by atoms with E-state index in [9.17, 15) is 4.79 Å². The number of nitrogens with zero attached hydrogens (tertiary/aromatic N) is 1. The van der Waals surface area contributed by atoms with Gasteiger partial charge in [-0.05, 0) is 50.2 Å². The smallest absolute Gasteiger partial charge is 0.227 e. The summed E-state index contributed by atoms with van der Waals surface area (Å²) in [6, 6.07) is 9.49. The van der Waals surface area contributed by atoms with Crippen LogP contribution in [0.3, 0.4) is 0 Å². The highest BCUT2D eigenvalue weighted by molar-refractivity contribution is 5.95. The first kappa shape index (κ1) is 16.5. The van der Waals surface area contributed by atoms with Crippen LogP contribution in [0, 0.1) is 5.92 Å². The number of nitrogens with one attached hydrogen (secondary N) is 2. The number of halogens is 1. The molecule has 0 bridgehead atoms. The summed E-state index contributed by atoms with van der Waals surface area (Å²) >= 11 is 0. The molecular weight excluding hydrogens is 302 g/mol. The fraction of sp³-hybridized carbons (Fsp3) is 0.375. The molecule has 2 N–H and O–H groups in total. The molecule has 0 radical (unpaired) electrons. The van der Waals surface area contributed by atoms with E-state index in [4.69, 9.17) is 4.74 Å². The number of carbonyl (C=O) groups excluding carboxylic acids is 1. The van der Waals surface area contributed by atoms with Gasteiger partial charge >= 0.3 is 0 Å². The Kier molecular flexibility index (Phi) is 5.57. The van der Waals surface area contributed by atoms with Crippen molar-refractivity contribution < 1.29 is 9.53 Å². The van der Waals surface area contributed by atoms with Crippen molar-refractivity contribution in [3.05, 3.63) is 30.3 Å². The van der Waals surface area contributed by atoms with Crippen LogP contribution in [0.25, 0.3) is 10.9 Å². The monoisotopic (exact) mass is 321 g/mol. The van der Waals surface area contributed by atoms with E-state index in [0.29, 0.717) is 5.88 Å². The molecule has 0 atom stereocenters. The molecule has 118 valence electrons. The minimum Gasteiger partial charge on any atom is -0.481 e. The zero-order valence-corrected chi connectivity index (χ0v) is 13.3. The summed E-state index contributed by atoms with van der Waals surface area (Å²) in [6.07, 6.45) is 1.80. The highest BCUT2D eigenvalue weighted by atomic mass is 35.5. The molecular formula is C16H20ClN3O2. The van der Waals surface area contributed by atoms with Crippen LogP contribution in [0.2, 0.25) is 0 Å². The summed E-state index contributed by atoms with van der Waals surface area (Å²) in [7, 11) is 1.60. The van der Waals surface area contributed by atoms with Crippen molar-refractivity contribution in [2.45, 2.75) is 12.8 Å². The quantitative estimate of drug-likeness (QED) is 0.912. The third-order valence-corrected chi connectivity index (χ3v) is 3.85. The highest BCUT2D eigenvalue weighted by Gasteiger charge is 2.20. The Hall–Kier alpha value is -1.85.